The second-order valence-electron chi connectivity index (χ2n) is 5.29. The Labute approximate surface area is 139 Å². The third-order valence-electron chi connectivity index (χ3n) is 3.81. The minimum absolute atomic E-state index is 0. The van der Waals surface area contributed by atoms with Gasteiger partial charge in [0.15, 0.2) is 5.96 Å². The molecule has 0 amide bonds. The van der Waals surface area contributed by atoms with Crippen molar-refractivity contribution < 1.29 is 0 Å². The molecule has 0 spiro atoms. The zero-order chi connectivity index (χ0) is 12.7. The van der Waals surface area contributed by atoms with Crippen LogP contribution in [0.3, 0.4) is 0 Å². The van der Waals surface area contributed by atoms with Crippen LogP contribution >= 0.6 is 39.9 Å². The number of benzene rings is 1. The molecule has 2 fully saturated rings. The largest absolute Gasteiger partial charge is 0.370 e. The van der Waals surface area contributed by atoms with Crippen LogP contribution in [0.4, 0.5) is 0 Å². The molecule has 0 aromatic heterocycles. The first kappa shape index (κ1) is 15.1. The molecule has 2 aliphatic carbocycles. The minimum Gasteiger partial charge on any atom is -0.370 e. The number of hydrogen-bond acceptors (Lipinski definition) is 1. The van der Waals surface area contributed by atoms with Crippen molar-refractivity contribution in [3.63, 3.8) is 0 Å². The summed E-state index contributed by atoms with van der Waals surface area (Å²) in [6.07, 6.45) is 3.64. The molecular weight excluding hydrogens is 417 g/mol. The minimum atomic E-state index is 0. The van der Waals surface area contributed by atoms with E-state index in [0.29, 0.717) is 24.0 Å². The van der Waals surface area contributed by atoms with Crippen molar-refractivity contribution in [1.82, 2.24) is 4.90 Å². The molecule has 19 heavy (non-hydrogen) atoms. The normalized spacial score (nSPS) is 25.7. The summed E-state index contributed by atoms with van der Waals surface area (Å²) < 4.78 is 1.12. The lowest BCUT2D eigenvalue weighted by molar-refractivity contribution is 0.487. The highest BCUT2D eigenvalue weighted by Crippen LogP contribution is 2.43. The average molecular weight is 436 g/mol. The van der Waals surface area contributed by atoms with Crippen LogP contribution < -0.4 is 5.73 Å². The SMILES string of the molecule is CN(C(N)=NC1CC1c1ccc(Br)cc1)C1CC1.I. The fraction of sp³-hybridized carbons (Fsp3) is 0.500. The van der Waals surface area contributed by atoms with Crippen molar-refractivity contribution in [3.05, 3.63) is 34.3 Å². The molecule has 2 saturated carbocycles. The summed E-state index contributed by atoms with van der Waals surface area (Å²) in [4.78, 5) is 6.76. The molecule has 5 heteroatoms. The summed E-state index contributed by atoms with van der Waals surface area (Å²) >= 11 is 3.46. The van der Waals surface area contributed by atoms with Crippen LogP contribution in [0.2, 0.25) is 0 Å². The fourth-order valence-electron chi connectivity index (χ4n) is 2.30. The predicted octanol–water partition coefficient (Wildman–Crippen LogP) is 3.33. The van der Waals surface area contributed by atoms with E-state index in [9.17, 15) is 0 Å². The van der Waals surface area contributed by atoms with Gasteiger partial charge in [0, 0.05) is 23.5 Å². The maximum Gasteiger partial charge on any atom is 0.191 e. The lowest BCUT2D eigenvalue weighted by Crippen LogP contribution is -2.36. The van der Waals surface area contributed by atoms with E-state index in [4.69, 9.17) is 5.73 Å². The molecule has 2 aliphatic rings. The molecule has 0 bridgehead atoms. The van der Waals surface area contributed by atoms with E-state index >= 15 is 0 Å². The number of rotatable bonds is 3. The lowest BCUT2D eigenvalue weighted by atomic mass is 10.1. The van der Waals surface area contributed by atoms with E-state index in [1.807, 2.05) is 7.05 Å². The maximum absolute atomic E-state index is 6.03. The van der Waals surface area contributed by atoms with Gasteiger partial charge in [0.1, 0.15) is 0 Å². The fourth-order valence-corrected chi connectivity index (χ4v) is 2.57. The Bertz CT molecular complexity index is 470. The van der Waals surface area contributed by atoms with E-state index in [1.165, 1.54) is 18.4 Å². The smallest absolute Gasteiger partial charge is 0.191 e. The highest BCUT2D eigenvalue weighted by atomic mass is 127. The molecule has 1 aromatic carbocycles. The Hall–Kier alpha value is -0.300. The highest BCUT2D eigenvalue weighted by Gasteiger charge is 2.39. The second-order valence-corrected chi connectivity index (χ2v) is 6.21. The van der Waals surface area contributed by atoms with E-state index in [1.54, 1.807) is 0 Å². The first-order valence-electron chi connectivity index (χ1n) is 6.46. The van der Waals surface area contributed by atoms with Crippen molar-refractivity contribution in [2.75, 3.05) is 7.05 Å². The number of hydrogen-bond donors (Lipinski definition) is 1. The molecule has 2 unspecified atom stereocenters. The van der Waals surface area contributed by atoms with Gasteiger partial charge in [0.25, 0.3) is 0 Å². The van der Waals surface area contributed by atoms with Crippen molar-refractivity contribution in [1.29, 1.82) is 0 Å². The molecule has 0 saturated heterocycles. The summed E-state index contributed by atoms with van der Waals surface area (Å²) in [7, 11) is 2.05. The Morgan fingerprint density at radius 2 is 1.95 bits per heavy atom. The van der Waals surface area contributed by atoms with Gasteiger partial charge in [-0.05, 0) is 37.0 Å². The van der Waals surface area contributed by atoms with Gasteiger partial charge in [-0.25, -0.2) is 4.99 Å². The highest BCUT2D eigenvalue weighted by molar-refractivity contribution is 14.0. The van der Waals surface area contributed by atoms with Gasteiger partial charge in [-0.1, -0.05) is 28.1 Å². The van der Waals surface area contributed by atoms with Gasteiger partial charge in [-0.15, -0.1) is 24.0 Å². The van der Waals surface area contributed by atoms with Gasteiger partial charge in [0.05, 0.1) is 6.04 Å². The van der Waals surface area contributed by atoms with Crippen LogP contribution in [-0.2, 0) is 0 Å². The van der Waals surface area contributed by atoms with Gasteiger partial charge in [-0.3, -0.25) is 0 Å². The van der Waals surface area contributed by atoms with Gasteiger partial charge < -0.3 is 10.6 Å². The van der Waals surface area contributed by atoms with Crippen LogP contribution in [0, 0.1) is 0 Å². The summed E-state index contributed by atoms with van der Waals surface area (Å²) in [5.74, 6) is 1.27. The Kier molecular flexibility index (Phi) is 4.76. The standard InChI is InChI=1S/C14H18BrN3.HI/c1-18(11-6-7-11)14(16)17-13-8-12(13)9-2-4-10(15)5-3-9;/h2-5,11-13H,6-8H2,1H3,(H2,16,17);1H. The summed E-state index contributed by atoms with van der Waals surface area (Å²) in [6.45, 7) is 0. The number of guanidine groups is 1. The van der Waals surface area contributed by atoms with Crippen molar-refractivity contribution >= 4 is 45.9 Å². The number of nitrogens with zero attached hydrogens (tertiary/aromatic N) is 2. The molecule has 104 valence electrons. The zero-order valence-corrected chi connectivity index (χ0v) is 14.8. The molecule has 2 atom stereocenters. The summed E-state index contributed by atoms with van der Waals surface area (Å²) in [5, 5.41) is 0. The van der Waals surface area contributed by atoms with Gasteiger partial charge in [0.2, 0.25) is 0 Å². The van der Waals surface area contributed by atoms with Gasteiger partial charge in [-0.2, -0.15) is 0 Å². The topological polar surface area (TPSA) is 41.6 Å². The van der Waals surface area contributed by atoms with Crippen LogP contribution in [-0.4, -0.2) is 30.0 Å². The van der Waals surface area contributed by atoms with Gasteiger partial charge >= 0.3 is 0 Å². The number of nitrogens with two attached hydrogens (primary N) is 1. The second kappa shape index (κ2) is 5.99. The summed E-state index contributed by atoms with van der Waals surface area (Å²) in [5.41, 5.74) is 7.40. The van der Waals surface area contributed by atoms with Crippen molar-refractivity contribution in [2.45, 2.75) is 37.3 Å². The van der Waals surface area contributed by atoms with Crippen LogP contribution in [0.25, 0.3) is 0 Å². The zero-order valence-electron chi connectivity index (χ0n) is 10.9. The molecule has 1 aromatic rings. The van der Waals surface area contributed by atoms with Crippen LogP contribution in [0.1, 0.15) is 30.7 Å². The van der Waals surface area contributed by atoms with Crippen molar-refractivity contribution in [3.8, 4) is 0 Å². The van der Waals surface area contributed by atoms with Crippen LogP contribution in [0.15, 0.2) is 33.7 Å². The van der Waals surface area contributed by atoms with E-state index in [-0.39, 0.29) is 24.0 Å². The Balaban J connectivity index is 0.00000133. The quantitative estimate of drug-likeness (QED) is 0.449. The molecule has 2 N–H and O–H groups in total. The van der Waals surface area contributed by atoms with E-state index < -0.39 is 0 Å². The third-order valence-corrected chi connectivity index (χ3v) is 4.34. The maximum atomic E-state index is 6.03. The summed E-state index contributed by atoms with van der Waals surface area (Å²) in [6, 6.07) is 9.55. The first-order valence-corrected chi connectivity index (χ1v) is 7.26. The molecule has 0 radical (unpaired) electrons. The average Bonchev–Trinajstić information content (AvgIpc) is 3.23. The molecule has 3 nitrogen and oxygen atoms in total. The first-order chi connectivity index (χ1) is 8.65. The van der Waals surface area contributed by atoms with E-state index in [0.717, 1.165) is 10.9 Å². The molecule has 3 rings (SSSR count). The molecule has 0 heterocycles. The number of halogens is 2. The molecular formula is C14H19BrIN3. The monoisotopic (exact) mass is 435 g/mol. The predicted molar refractivity (Wildman–Crippen MR) is 93.1 cm³/mol. The Morgan fingerprint density at radius 3 is 2.53 bits per heavy atom. The molecule has 0 aliphatic heterocycles. The van der Waals surface area contributed by atoms with Crippen LogP contribution in [0.5, 0.6) is 0 Å². The number of aliphatic imine (C=N–C) groups is 1. The van der Waals surface area contributed by atoms with E-state index in [2.05, 4.69) is 50.1 Å². The third kappa shape index (κ3) is 3.62. The Morgan fingerprint density at radius 1 is 1.32 bits per heavy atom. The lowest BCUT2D eigenvalue weighted by Gasteiger charge is -2.16. The van der Waals surface area contributed by atoms with Crippen molar-refractivity contribution in [2.24, 2.45) is 10.7 Å².